The molecule has 2 aromatic carbocycles. The molecular formula is C24H27N3O3. The predicted molar refractivity (Wildman–Crippen MR) is 114 cm³/mol. The average molecular weight is 405 g/mol. The van der Waals surface area contributed by atoms with Crippen LogP contribution in [0.1, 0.15) is 34.7 Å². The largest absolute Gasteiger partial charge is 0.497 e. The minimum absolute atomic E-state index is 0.0877. The molecule has 0 aliphatic carbocycles. The number of imide groups is 1. The van der Waals surface area contributed by atoms with Gasteiger partial charge in [0.05, 0.1) is 24.8 Å². The van der Waals surface area contributed by atoms with Crippen LogP contribution >= 0.6 is 0 Å². The molecule has 0 aromatic heterocycles. The average Bonchev–Trinajstić information content (AvgIpc) is 3.35. The van der Waals surface area contributed by atoms with Crippen molar-refractivity contribution in [3.05, 3.63) is 58.7 Å². The zero-order chi connectivity index (χ0) is 21.2. The molecule has 0 bridgehead atoms. The Labute approximate surface area is 177 Å². The van der Waals surface area contributed by atoms with Crippen LogP contribution in [0.4, 0.5) is 5.69 Å². The van der Waals surface area contributed by atoms with Crippen LogP contribution in [0, 0.1) is 26.7 Å². The second kappa shape index (κ2) is 6.93. The molecular weight excluding hydrogens is 378 g/mol. The molecule has 0 radical (unpaired) electrons. The number of carbonyl (C=O) groups excluding carboxylic acids is 2. The topological polar surface area (TPSA) is 53.1 Å². The molecule has 3 fully saturated rings. The van der Waals surface area contributed by atoms with E-state index in [2.05, 4.69) is 10.0 Å². The van der Waals surface area contributed by atoms with Crippen molar-refractivity contribution in [1.29, 1.82) is 0 Å². The Morgan fingerprint density at radius 2 is 1.47 bits per heavy atom. The van der Waals surface area contributed by atoms with Gasteiger partial charge in [-0.05, 0) is 56.0 Å². The fraction of sp³-hybridized carbons (Fsp3) is 0.417. The SMILES string of the molecule is COc1ccc([C@H]2[C@@H]3C(=O)N(c4c(C)cc(C)cc4C)C(=O)[C@@H]3N3CCCN23)cc1. The summed E-state index contributed by atoms with van der Waals surface area (Å²) in [6.45, 7) is 7.67. The highest BCUT2D eigenvalue weighted by atomic mass is 16.5. The molecule has 3 saturated heterocycles. The fourth-order valence-corrected chi connectivity index (χ4v) is 5.66. The Bertz CT molecular complexity index is 1010. The van der Waals surface area contributed by atoms with Gasteiger partial charge in [0, 0.05) is 13.1 Å². The molecule has 0 saturated carbocycles. The van der Waals surface area contributed by atoms with Crippen LogP contribution in [0.2, 0.25) is 0 Å². The minimum Gasteiger partial charge on any atom is -0.497 e. The first kappa shape index (κ1) is 19.3. The number of fused-ring (bicyclic) bond motifs is 3. The molecule has 3 heterocycles. The predicted octanol–water partition coefficient (Wildman–Crippen LogP) is 3.16. The van der Waals surface area contributed by atoms with Gasteiger partial charge in [0.2, 0.25) is 5.91 Å². The molecule has 0 unspecified atom stereocenters. The van der Waals surface area contributed by atoms with Crippen molar-refractivity contribution < 1.29 is 14.3 Å². The van der Waals surface area contributed by atoms with E-state index < -0.39 is 12.0 Å². The van der Waals surface area contributed by atoms with Gasteiger partial charge >= 0.3 is 0 Å². The summed E-state index contributed by atoms with van der Waals surface area (Å²) in [4.78, 5) is 28.8. The summed E-state index contributed by atoms with van der Waals surface area (Å²) in [6, 6.07) is 11.4. The molecule has 2 amide bonds. The summed E-state index contributed by atoms with van der Waals surface area (Å²) in [5, 5.41) is 4.37. The summed E-state index contributed by atoms with van der Waals surface area (Å²) in [5.74, 6) is 0.206. The fourth-order valence-electron chi connectivity index (χ4n) is 5.66. The quantitative estimate of drug-likeness (QED) is 0.735. The van der Waals surface area contributed by atoms with Gasteiger partial charge in [-0.25, -0.2) is 14.9 Å². The first-order valence-electron chi connectivity index (χ1n) is 10.5. The smallest absolute Gasteiger partial charge is 0.253 e. The number of rotatable bonds is 3. The van der Waals surface area contributed by atoms with Crippen LogP contribution in [0.25, 0.3) is 0 Å². The number of ether oxygens (including phenoxy) is 1. The molecule has 3 aliphatic rings. The first-order valence-corrected chi connectivity index (χ1v) is 10.5. The number of amides is 2. The summed E-state index contributed by atoms with van der Waals surface area (Å²) >= 11 is 0. The minimum atomic E-state index is -0.424. The molecule has 30 heavy (non-hydrogen) atoms. The number of hydrogen-bond donors (Lipinski definition) is 0. The van der Waals surface area contributed by atoms with Gasteiger partial charge in [-0.15, -0.1) is 0 Å². The third-order valence-corrected chi connectivity index (χ3v) is 6.72. The van der Waals surface area contributed by atoms with E-state index in [1.165, 1.54) is 4.90 Å². The number of methoxy groups -OCH3 is 1. The third kappa shape index (κ3) is 2.63. The first-order chi connectivity index (χ1) is 14.4. The number of nitrogens with zero attached hydrogens (tertiary/aromatic N) is 3. The molecule has 2 aromatic rings. The Kier molecular flexibility index (Phi) is 4.45. The van der Waals surface area contributed by atoms with Crippen LogP contribution in [0.3, 0.4) is 0 Å². The van der Waals surface area contributed by atoms with Crippen molar-refractivity contribution in [2.75, 3.05) is 25.1 Å². The lowest BCUT2D eigenvalue weighted by Crippen LogP contribution is -2.44. The molecule has 0 N–H and O–H groups in total. The van der Waals surface area contributed by atoms with Gasteiger partial charge in [0.1, 0.15) is 11.8 Å². The van der Waals surface area contributed by atoms with Crippen molar-refractivity contribution in [2.45, 2.75) is 39.3 Å². The standard InChI is InChI=1S/C24H27N3O3/c1-14-12-15(2)20(16(3)13-14)27-23(28)19-21(17-6-8-18(30-4)9-7-17)25-10-5-11-26(25)22(19)24(27)29/h6-9,12-13,19,21-22H,5,10-11H2,1-4H3/t19-,21-,22+/m0/s1. The zero-order valence-corrected chi connectivity index (χ0v) is 17.9. The summed E-state index contributed by atoms with van der Waals surface area (Å²) in [5.41, 5.74) is 4.87. The van der Waals surface area contributed by atoms with Crippen molar-refractivity contribution in [3.63, 3.8) is 0 Å². The molecule has 3 aliphatic heterocycles. The third-order valence-electron chi connectivity index (χ3n) is 6.72. The molecule has 5 rings (SSSR count). The van der Waals surface area contributed by atoms with Gasteiger partial charge in [0.15, 0.2) is 0 Å². The highest BCUT2D eigenvalue weighted by Gasteiger charge is 2.63. The van der Waals surface area contributed by atoms with Crippen LogP contribution in [0.15, 0.2) is 36.4 Å². The number of hydrazine groups is 1. The van der Waals surface area contributed by atoms with Crippen LogP contribution in [-0.4, -0.2) is 48.1 Å². The Morgan fingerprint density at radius 3 is 2.07 bits per heavy atom. The van der Waals surface area contributed by atoms with Gasteiger partial charge in [-0.1, -0.05) is 29.8 Å². The Hall–Kier alpha value is -2.70. The van der Waals surface area contributed by atoms with Crippen molar-refractivity contribution >= 4 is 17.5 Å². The Balaban J connectivity index is 1.59. The van der Waals surface area contributed by atoms with E-state index in [-0.39, 0.29) is 17.9 Å². The highest BCUT2D eigenvalue weighted by Crippen LogP contribution is 2.49. The number of carbonyl (C=O) groups is 2. The van der Waals surface area contributed by atoms with E-state index in [1.807, 2.05) is 57.2 Å². The summed E-state index contributed by atoms with van der Waals surface area (Å²) in [6.07, 6.45) is 1.000. The monoisotopic (exact) mass is 405 g/mol. The molecule has 3 atom stereocenters. The van der Waals surface area contributed by atoms with Crippen molar-refractivity contribution in [3.8, 4) is 5.75 Å². The van der Waals surface area contributed by atoms with Crippen LogP contribution in [0.5, 0.6) is 5.75 Å². The lowest BCUT2D eigenvalue weighted by Gasteiger charge is -2.30. The second-order valence-electron chi connectivity index (χ2n) is 8.63. The molecule has 6 nitrogen and oxygen atoms in total. The van der Waals surface area contributed by atoms with E-state index in [1.54, 1.807) is 7.11 Å². The normalized spacial score (nSPS) is 26.4. The zero-order valence-electron chi connectivity index (χ0n) is 17.9. The summed E-state index contributed by atoms with van der Waals surface area (Å²) < 4.78 is 5.30. The van der Waals surface area contributed by atoms with Crippen molar-refractivity contribution in [2.24, 2.45) is 5.92 Å². The summed E-state index contributed by atoms with van der Waals surface area (Å²) in [7, 11) is 1.64. The van der Waals surface area contributed by atoms with Gasteiger partial charge in [0.25, 0.3) is 5.91 Å². The van der Waals surface area contributed by atoms with E-state index in [9.17, 15) is 9.59 Å². The van der Waals surface area contributed by atoms with Gasteiger partial charge in [-0.2, -0.15) is 0 Å². The van der Waals surface area contributed by atoms with E-state index in [0.717, 1.165) is 53.2 Å². The highest BCUT2D eigenvalue weighted by molar-refractivity contribution is 6.24. The number of anilines is 1. The second-order valence-corrected chi connectivity index (χ2v) is 8.63. The van der Waals surface area contributed by atoms with E-state index in [0.29, 0.717) is 0 Å². The number of aryl methyl sites for hydroxylation is 3. The molecule has 0 spiro atoms. The lowest BCUT2D eigenvalue weighted by molar-refractivity contribution is -0.126. The molecule has 6 heteroatoms. The number of hydrogen-bond acceptors (Lipinski definition) is 5. The maximum atomic E-state index is 13.8. The Morgan fingerprint density at radius 1 is 0.867 bits per heavy atom. The van der Waals surface area contributed by atoms with E-state index >= 15 is 0 Å². The maximum absolute atomic E-state index is 13.8. The number of benzene rings is 2. The molecule has 156 valence electrons. The van der Waals surface area contributed by atoms with Crippen molar-refractivity contribution in [1.82, 2.24) is 10.0 Å². The van der Waals surface area contributed by atoms with Gasteiger partial charge in [-0.3, -0.25) is 9.59 Å². The maximum Gasteiger partial charge on any atom is 0.253 e. The van der Waals surface area contributed by atoms with Gasteiger partial charge < -0.3 is 4.74 Å². The van der Waals surface area contributed by atoms with Crippen LogP contribution < -0.4 is 9.64 Å². The lowest BCUT2D eigenvalue weighted by atomic mass is 9.90. The van der Waals surface area contributed by atoms with E-state index in [4.69, 9.17) is 4.74 Å². The van der Waals surface area contributed by atoms with Crippen LogP contribution in [-0.2, 0) is 9.59 Å².